The van der Waals surface area contributed by atoms with Crippen LogP contribution in [0.1, 0.15) is 33.6 Å². The molecule has 0 aromatic rings. The molecule has 0 fully saturated rings. The van der Waals surface area contributed by atoms with Crippen molar-refractivity contribution in [3.8, 4) is 0 Å². The first-order valence-corrected chi connectivity index (χ1v) is 4.21. The Hall–Kier alpha value is -0.160. The molecular formula is C8H18NO3. The van der Waals surface area contributed by atoms with E-state index in [1.807, 2.05) is 6.92 Å². The van der Waals surface area contributed by atoms with E-state index >= 15 is 0 Å². The molecule has 0 aromatic heterocycles. The minimum absolute atomic E-state index is 0.369. The van der Waals surface area contributed by atoms with Gasteiger partial charge in [0.1, 0.15) is 6.23 Å². The van der Waals surface area contributed by atoms with Crippen molar-refractivity contribution in [2.75, 3.05) is 0 Å². The van der Waals surface area contributed by atoms with Crippen LogP contribution in [0.15, 0.2) is 0 Å². The summed E-state index contributed by atoms with van der Waals surface area (Å²) < 4.78 is 5.00. The molecule has 0 saturated carbocycles. The molecule has 2 atom stereocenters. The summed E-state index contributed by atoms with van der Waals surface area (Å²) >= 11 is 0. The highest BCUT2D eigenvalue weighted by Gasteiger charge is 2.26. The monoisotopic (exact) mass is 176 g/mol. The third-order valence-corrected chi connectivity index (χ3v) is 1.36. The van der Waals surface area contributed by atoms with Gasteiger partial charge in [-0.2, -0.15) is 0 Å². The fourth-order valence-electron chi connectivity index (χ4n) is 0.767. The molecule has 3 N–H and O–H groups in total. The Morgan fingerprint density at radius 1 is 1.58 bits per heavy atom. The molecule has 0 saturated heterocycles. The molecular weight excluding hydrogens is 158 g/mol. The molecule has 0 rings (SSSR count). The molecule has 0 spiro atoms. The van der Waals surface area contributed by atoms with Crippen molar-refractivity contribution in [2.45, 2.75) is 45.8 Å². The van der Waals surface area contributed by atoms with Gasteiger partial charge in [0.25, 0.3) is 0 Å². The van der Waals surface area contributed by atoms with Gasteiger partial charge in [0.2, 0.25) is 5.91 Å². The van der Waals surface area contributed by atoms with Gasteiger partial charge < -0.3 is 14.9 Å². The minimum atomic E-state index is -1.44. The number of ether oxygens (including phenoxy) is 1. The van der Waals surface area contributed by atoms with Gasteiger partial charge in [-0.25, -0.2) is 5.32 Å². The number of aliphatic hydroxyl groups is 2. The lowest BCUT2D eigenvalue weighted by Crippen LogP contribution is -2.50. The highest BCUT2D eigenvalue weighted by Crippen LogP contribution is 2.10. The molecule has 12 heavy (non-hydrogen) atoms. The lowest BCUT2D eigenvalue weighted by atomic mass is 10.3. The van der Waals surface area contributed by atoms with Crippen molar-refractivity contribution in [1.29, 1.82) is 0 Å². The van der Waals surface area contributed by atoms with E-state index in [1.54, 1.807) is 6.92 Å². The highest BCUT2D eigenvalue weighted by atomic mass is 16.6. The van der Waals surface area contributed by atoms with E-state index in [-0.39, 0.29) is 0 Å². The second-order valence-corrected chi connectivity index (χ2v) is 2.65. The van der Waals surface area contributed by atoms with Crippen LogP contribution in [0.4, 0.5) is 0 Å². The lowest BCUT2D eigenvalue weighted by molar-refractivity contribution is -0.223. The number of nitrogens with one attached hydrogen (secondary N) is 1. The van der Waals surface area contributed by atoms with Crippen molar-refractivity contribution in [2.24, 2.45) is 0 Å². The molecule has 4 heteroatoms. The van der Waals surface area contributed by atoms with Gasteiger partial charge >= 0.3 is 0 Å². The first kappa shape index (κ1) is 11.8. The molecule has 73 valence electrons. The summed E-state index contributed by atoms with van der Waals surface area (Å²) in [5.41, 5.74) is 0. The zero-order chi connectivity index (χ0) is 9.61. The van der Waals surface area contributed by atoms with Gasteiger partial charge in [0.15, 0.2) is 0 Å². The maximum atomic E-state index is 9.60. The van der Waals surface area contributed by atoms with Crippen LogP contribution in [-0.2, 0) is 4.74 Å². The average Bonchev–Trinajstić information content (AvgIpc) is 2.00. The second-order valence-electron chi connectivity index (χ2n) is 2.65. The number of hydrogen-bond acceptors (Lipinski definition) is 4. The van der Waals surface area contributed by atoms with Gasteiger partial charge in [-0.05, 0) is 13.3 Å². The van der Waals surface area contributed by atoms with Gasteiger partial charge in [-0.15, -0.1) is 0 Å². The number of hydrogen-bond donors (Lipinski definition) is 3. The van der Waals surface area contributed by atoms with Crippen LogP contribution in [0.3, 0.4) is 0 Å². The minimum Gasteiger partial charge on any atom is -0.379 e. The van der Waals surface area contributed by atoms with Gasteiger partial charge in [-0.1, -0.05) is 13.8 Å². The maximum absolute atomic E-state index is 9.60. The smallest absolute Gasteiger partial charge is 0.226 e. The molecule has 0 bridgehead atoms. The standard InChI is InChI=1S/C8H18NO3/c1-4-6-12-8(11,5-2)9-7(3)10/h6-7,9-11H,4-5H2,1-3H3. The lowest BCUT2D eigenvalue weighted by Gasteiger charge is -2.28. The maximum Gasteiger partial charge on any atom is 0.226 e. The van der Waals surface area contributed by atoms with Crippen LogP contribution in [-0.4, -0.2) is 22.4 Å². The van der Waals surface area contributed by atoms with E-state index in [4.69, 9.17) is 9.84 Å². The Kier molecular flexibility index (Phi) is 5.41. The first-order chi connectivity index (χ1) is 5.54. The largest absolute Gasteiger partial charge is 0.379 e. The molecule has 1 radical (unpaired) electrons. The van der Waals surface area contributed by atoms with Crippen LogP contribution in [0.5, 0.6) is 0 Å². The Balaban J connectivity index is 3.86. The highest BCUT2D eigenvalue weighted by molar-refractivity contribution is 4.65. The van der Waals surface area contributed by atoms with Crippen molar-refractivity contribution in [3.05, 3.63) is 6.61 Å². The summed E-state index contributed by atoms with van der Waals surface area (Å²) in [5.74, 6) is -1.44. The predicted octanol–water partition coefficient (Wildman–Crippen LogP) is 0.559. The molecule has 0 aromatic carbocycles. The summed E-state index contributed by atoms with van der Waals surface area (Å²) in [4.78, 5) is 0. The van der Waals surface area contributed by atoms with Gasteiger partial charge in [0.05, 0.1) is 6.61 Å². The fraction of sp³-hybridized carbons (Fsp3) is 0.875. The molecule has 0 amide bonds. The van der Waals surface area contributed by atoms with Crippen molar-refractivity contribution in [3.63, 3.8) is 0 Å². The van der Waals surface area contributed by atoms with Crippen LogP contribution in [0, 0.1) is 6.61 Å². The van der Waals surface area contributed by atoms with E-state index in [2.05, 4.69) is 5.32 Å². The van der Waals surface area contributed by atoms with E-state index < -0.39 is 12.1 Å². The van der Waals surface area contributed by atoms with Crippen molar-refractivity contribution in [1.82, 2.24) is 5.32 Å². The van der Waals surface area contributed by atoms with Gasteiger partial charge in [0, 0.05) is 6.42 Å². The quantitative estimate of drug-likeness (QED) is 0.517. The predicted molar refractivity (Wildman–Crippen MR) is 45.7 cm³/mol. The third-order valence-electron chi connectivity index (χ3n) is 1.36. The topological polar surface area (TPSA) is 61.7 Å². The summed E-state index contributed by atoms with van der Waals surface area (Å²) in [5, 5.41) is 21.0. The summed E-state index contributed by atoms with van der Waals surface area (Å²) in [6, 6.07) is 0. The second kappa shape index (κ2) is 5.48. The zero-order valence-corrected chi connectivity index (χ0v) is 7.87. The molecule has 0 aliphatic rings. The van der Waals surface area contributed by atoms with Crippen LogP contribution in [0.2, 0.25) is 0 Å². The fourth-order valence-corrected chi connectivity index (χ4v) is 0.767. The Bertz CT molecular complexity index is 119. The summed E-state index contributed by atoms with van der Waals surface area (Å²) in [6.45, 7) is 6.69. The van der Waals surface area contributed by atoms with E-state index in [9.17, 15) is 5.11 Å². The number of aliphatic hydroxyl groups excluding tert-OH is 1. The van der Waals surface area contributed by atoms with E-state index in [0.717, 1.165) is 0 Å². The SMILES string of the molecule is CC[CH]OC(O)(CC)NC(C)O. The Morgan fingerprint density at radius 3 is 2.50 bits per heavy atom. The van der Waals surface area contributed by atoms with Crippen LogP contribution < -0.4 is 5.32 Å². The van der Waals surface area contributed by atoms with E-state index in [0.29, 0.717) is 12.8 Å². The Morgan fingerprint density at radius 2 is 2.17 bits per heavy atom. The van der Waals surface area contributed by atoms with Gasteiger partial charge in [-0.3, -0.25) is 0 Å². The summed E-state index contributed by atoms with van der Waals surface area (Å²) in [6.07, 6.45) is 0.290. The van der Waals surface area contributed by atoms with E-state index in [1.165, 1.54) is 13.5 Å². The zero-order valence-electron chi connectivity index (χ0n) is 7.87. The van der Waals surface area contributed by atoms with Crippen molar-refractivity contribution >= 4 is 0 Å². The molecule has 0 heterocycles. The molecule has 4 nitrogen and oxygen atoms in total. The first-order valence-electron chi connectivity index (χ1n) is 4.21. The van der Waals surface area contributed by atoms with Crippen LogP contribution >= 0.6 is 0 Å². The Labute approximate surface area is 73.5 Å². The molecule has 2 unspecified atom stereocenters. The average molecular weight is 176 g/mol. The van der Waals surface area contributed by atoms with Crippen molar-refractivity contribution < 1.29 is 14.9 Å². The normalized spacial score (nSPS) is 18.8. The number of rotatable bonds is 6. The third kappa shape index (κ3) is 4.66. The summed E-state index contributed by atoms with van der Waals surface area (Å²) in [7, 11) is 0. The molecule has 0 aliphatic heterocycles. The van der Waals surface area contributed by atoms with Crippen LogP contribution in [0.25, 0.3) is 0 Å². The molecule has 0 aliphatic carbocycles.